The van der Waals surface area contributed by atoms with E-state index in [1.807, 2.05) is 19.2 Å². The van der Waals surface area contributed by atoms with E-state index in [4.69, 9.17) is 0 Å². The first-order valence-electron chi connectivity index (χ1n) is 7.04. The molecule has 2 N–H and O–H groups in total. The van der Waals surface area contributed by atoms with Gasteiger partial charge in [0.1, 0.15) is 5.56 Å². The lowest BCUT2D eigenvalue weighted by atomic mass is 10.1. The molecule has 1 fully saturated rings. The van der Waals surface area contributed by atoms with Crippen LogP contribution in [0.25, 0.3) is 5.65 Å². The van der Waals surface area contributed by atoms with Crippen molar-refractivity contribution in [1.29, 1.82) is 0 Å². The molecule has 7 heteroatoms. The van der Waals surface area contributed by atoms with Gasteiger partial charge in [-0.25, -0.2) is 9.50 Å². The van der Waals surface area contributed by atoms with E-state index in [-0.39, 0.29) is 18.3 Å². The summed E-state index contributed by atoms with van der Waals surface area (Å²) in [4.78, 5) is 16.6. The first-order chi connectivity index (χ1) is 9.74. The molecule has 114 valence electrons. The molecule has 1 atom stereocenters. The summed E-state index contributed by atoms with van der Waals surface area (Å²) >= 11 is 0. The van der Waals surface area contributed by atoms with Crippen molar-refractivity contribution < 1.29 is 4.79 Å². The lowest BCUT2D eigenvalue weighted by molar-refractivity contribution is 0.0953. The van der Waals surface area contributed by atoms with Crippen molar-refractivity contribution in [3.63, 3.8) is 0 Å². The number of aryl methyl sites for hydroxylation is 1. The van der Waals surface area contributed by atoms with Crippen molar-refractivity contribution >= 4 is 24.0 Å². The second-order valence-electron chi connectivity index (χ2n) is 5.30. The van der Waals surface area contributed by atoms with Gasteiger partial charge >= 0.3 is 0 Å². The third kappa shape index (κ3) is 3.51. The van der Waals surface area contributed by atoms with E-state index in [0.717, 1.165) is 25.2 Å². The van der Waals surface area contributed by atoms with Crippen LogP contribution in [0.15, 0.2) is 18.5 Å². The molecule has 1 amide bonds. The Hall–Kier alpha value is -1.66. The Morgan fingerprint density at radius 2 is 2.43 bits per heavy atom. The van der Waals surface area contributed by atoms with Crippen molar-refractivity contribution in [3.05, 3.63) is 29.7 Å². The van der Waals surface area contributed by atoms with Crippen LogP contribution in [0.2, 0.25) is 0 Å². The maximum Gasteiger partial charge on any atom is 0.256 e. The minimum absolute atomic E-state index is 0. The monoisotopic (exact) mass is 309 g/mol. The SMILES string of the molecule is Cc1ccn2ncc(C(=O)NCCC3CCNC3)c2n1.Cl. The van der Waals surface area contributed by atoms with Crippen LogP contribution in [0.5, 0.6) is 0 Å². The molecule has 2 aromatic rings. The molecule has 0 spiro atoms. The number of aromatic nitrogens is 3. The predicted octanol–water partition coefficient (Wildman–Crippen LogP) is 1.19. The molecular formula is C14H20ClN5O. The highest BCUT2D eigenvalue weighted by molar-refractivity contribution is 5.99. The van der Waals surface area contributed by atoms with Crippen molar-refractivity contribution in [1.82, 2.24) is 25.2 Å². The number of carbonyl (C=O) groups excluding carboxylic acids is 1. The van der Waals surface area contributed by atoms with Crippen LogP contribution in [0.3, 0.4) is 0 Å². The topological polar surface area (TPSA) is 71.3 Å². The molecular weight excluding hydrogens is 290 g/mol. The summed E-state index contributed by atoms with van der Waals surface area (Å²) in [6.45, 7) is 4.76. The molecule has 2 aromatic heterocycles. The Bertz CT molecular complexity index is 621. The van der Waals surface area contributed by atoms with Gasteiger partial charge in [-0.2, -0.15) is 5.10 Å². The molecule has 21 heavy (non-hydrogen) atoms. The largest absolute Gasteiger partial charge is 0.352 e. The quantitative estimate of drug-likeness (QED) is 0.890. The molecule has 1 aliphatic heterocycles. The lowest BCUT2D eigenvalue weighted by Crippen LogP contribution is -2.26. The highest BCUT2D eigenvalue weighted by atomic mass is 35.5. The number of fused-ring (bicyclic) bond motifs is 1. The summed E-state index contributed by atoms with van der Waals surface area (Å²) < 4.78 is 1.63. The smallest absolute Gasteiger partial charge is 0.256 e. The average molecular weight is 310 g/mol. The van der Waals surface area contributed by atoms with Gasteiger partial charge in [0.05, 0.1) is 6.20 Å². The van der Waals surface area contributed by atoms with Crippen LogP contribution in [0.4, 0.5) is 0 Å². The van der Waals surface area contributed by atoms with Gasteiger partial charge in [-0.15, -0.1) is 12.4 Å². The zero-order valence-corrected chi connectivity index (χ0v) is 12.8. The van der Waals surface area contributed by atoms with Gasteiger partial charge in [-0.1, -0.05) is 0 Å². The van der Waals surface area contributed by atoms with Gasteiger partial charge < -0.3 is 10.6 Å². The van der Waals surface area contributed by atoms with Crippen LogP contribution < -0.4 is 10.6 Å². The Labute approximate surface area is 129 Å². The van der Waals surface area contributed by atoms with Gasteiger partial charge in [-0.3, -0.25) is 4.79 Å². The number of hydrogen-bond acceptors (Lipinski definition) is 4. The summed E-state index contributed by atoms with van der Waals surface area (Å²) in [6.07, 6.45) is 5.62. The molecule has 0 saturated carbocycles. The Morgan fingerprint density at radius 1 is 1.57 bits per heavy atom. The van der Waals surface area contributed by atoms with Crippen LogP contribution in [0.1, 0.15) is 28.9 Å². The fourth-order valence-electron chi connectivity index (χ4n) is 2.57. The zero-order valence-electron chi connectivity index (χ0n) is 12.0. The molecule has 1 saturated heterocycles. The van der Waals surface area contributed by atoms with Crippen LogP contribution in [-0.4, -0.2) is 40.1 Å². The highest BCUT2D eigenvalue weighted by Gasteiger charge is 2.16. The summed E-state index contributed by atoms with van der Waals surface area (Å²) in [5.41, 5.74) is 2.03. The molecule has 1 unspecified atom stereocenters. The molecule has 0 aliphatic carbocycles. The Morgan fingerprint density at radius 3 is 3.19 bits per heavy atom. The van der Waals surface area contributed by atoms with Crippen molar-refractivity contribution in [3.8, 4) is 0 Å². The molecule has 0 bridgehead atoms. The van der Waals surface area contributed by atoms with Gasteiger partial charge in [-0.05, 0) is 44.8 Å². The van der Waals surface area contributed by atoms with Gasteiger partial charge in [0.25, 0.3) is 5.91 Å². The van der Waals surface area contributed by atoms with Crippen LogP contribution in [0, 0.1) is 12.8 Å². The van der Waals surface area contributed by atoms with E-state index in [1.54, 1.807) is 10.7 Å². The maximum atomic E-state index is 12.2. The minimum atomic E-state index is -0.0935. The number of hydrogen-bond donors (Lipinski definition) is 2. The third-order valence-electron chi connectivity index (χ3n) is 3.75. The number of halogens is 1. The first-order valence-corrected chi connectivity index (χ1v) is 7.04. The Kier molecular flexibility index (Phi) is 5.14. The van der Waals surface area contributed by atoms with E-state index in [9.17, 15) is 4.79 Å². The van der Waals surface area contributed by atoms with Gasteiger partial charge in [0.2, 0.25) is 0 Å². The highest BCUT2D eigenvalue weighted by Crippen LogP contribution is 2.12. The third-order valence-corrected chi connectivity index (χ3v) is 3.75. The summed E-state index contributed by atoms with van der Waals surface area (Å²) in [5.74, 6) is 0.587. The van der Waals surface area contributed by atoms with Gasteiger partial charge in [0, 0.05) is 18.4 Å². The standard InChI is InChI=1S/C14H19N5O.ClH/c1-10-4-7-19-13(18-10)12(9-17-19)14(20)16-6-3-11-2-5-15-8-11;/h4,7,9,11,15H,2-3,5-6,8H2,1H3,(H,16,20);1H. The molecule has 1 aliphatic rings. The number of amides is 1. The van der Waals surface area contributed by atoms with E-state index >= 15 is 0 Å². The van der Waals surface area contributed by atoms with Crippen LogP contribution >= 0.6 is 12.4 Å². The van der Waals surface area contributed by atoms with E-state index in [0.29, 0.717) is 23.7 Å². The fourth-order valence-corrected chi connectivity index (χ4v) is 2.57. The lowest BCUT2D eigenvalue weighted by Gasteiger charge is -2.08. The van der Waals surface area contributed by atoms with E-state index < -0.39 is 0 Å². The van der Waals surface area contributed by atoms with Gasteiger partial charge in [0.15, 0.2) is 5.65 Å². The van der Waals surface area contributed by atoms with E-state index in [1.165, 1.54) is 6.42 Å². The molecule has 3 heterocycles. The fraction of sp³-hybridized carbons (Fsp3) is 0.500. The summed E-state index contributed by atoms with van der Waals surface area (Å²) in [7, 11) is 0. The molecule has 6 nitrogen and oxygen atoms in total. The number of rotatable bonds is 4. The molecule has 3 rings (SSSR count). The van der Waals surface area contributed by atoms with Crippen LogP contribution in [-0.2, 0) is 0 Å². The molecule has 0 radical (unpaired) electrons. The Balaban J connectivity index is 0.00000161. The molecule has 0 aromatic carbocycles. The summed E-state index contributed by atoms with van der Waals surface area (Å²) in [5, 5.41) is 10.4. The average Bonchev–Trinajstić information content (AvgIpc) is 3.07. The zero-order chi connectivity index (χ0) is 13.9. The minimum Gasteiger partial charge on any atom is -0.352 e. The van der Waals surface area contributed by atoms with Crippen molar-refractivity contribution in [2.45, 2.75) is 19.8 Å². The van der Waals surface area contributed by atoms with E-state index in [2.05, 4.69) is 20.7 Å². The first kappa shape index (κ1) is 15.7. The maximum absolute atomic E-state index is 12.2. The number of nitrogens with zero attached hydrogens (tertiary/aromatic N) is 3. The van der Waals surface area contributed by atoms with Crippen molar-refractivity contribution in [2.75, 3.05) is 19.6 Å². The summed E-state index contributed by atoms with van der Waals surface area (Å²) in [6, 6.07) is 1.87. The second-order valence-corrected chi connectivity index (χ2v) is 5.30. The predicted molar refractivity (Wildman–Crippen MR) is 82.9 cm³/mol. The normalized spacial score (nSPS) is 17.7. The second kappa shape index (κ2) is 6.87. The van der Waals surface area contributed by atoms with Crippen molar-refractivity contribution in [2.24, 2.45) is 5.92 Å². The number of nitrogens with one attached hydrogen (secondary N) is 2. The number of carbonyl (C=O) groups is 1.